The third kappa shape index (κ3) is 4.71. The highest BCUT2D eigenvalue weighted by Crippen LogP contribution is 2.45. The molecule has 39 heavy (non-hydrogen) atoms. The first-order chi connectivity index (χ1) is 18.6. The number of hydrogen-bond donors (Lipinski definition) is 0. The van der Waals surface area contributed by atoms with Crippen LogP contribution in [-0.4, -0.2) is 35.2 Å². The molecule has 1 unspecified atom stereocenters. The summed E-state index contributed by atoms with van der Waals surface area (Å²) in [6, 6.07) is 8.34. The van der Waals surface area contributed by atoms with Gasteiger partial charge in [-0.1, -0.05) is 18.2 Å². The number of carbonyl (C=O) groups is 2. The zero-order valence-corrected chi connectivity index (χ0v) is 21.7. The number of carbonyl (C=O) groups excluding carboxylic acids is 2. The normalized spacial score (nSPS) is 17.7. The lowest BCUT2D eigenvalue weighted by Gasteiger charge is -2.28. The Balaban J connectivity index is 1.75. The Bertz CT molecular complexity index is 1510. The fourth-order valence-corrected chi connectivity index (χ4v) is 5.07. The summed E-state index contributed by atoms with van der Waals surface area (Å²) in [5.74, 6) is -2.25. The second-order valence-corrected chi connectivity index (χ2v) is 9.36. The zero-order chi connectivity index (χ0) is 27.9. The monoisotopic (exact) mass is 536 g/mol. The van der Waals surface area contributed by atoms with Crippen molar-refractivity contribution in [3.05, 3.63) is 83.8 Å². The van der Waals surface area contributed by atoms with Crippen molar-refractivity contribution in [1.29, 1.82) is 0 Å². The molecule has 0 saturated carbocycles. The molecule has 0 fully saturated rings. The lowest BCUT2D eigenvalue weighted by Crippen LogP contribution is -2.40. The quantitative estimate of drug-likeness (QED) is 0.385. The number of benzene rings is 2. The summed E-state index contributed by atoms with van der Waals surface area (Å²) in [6.07, 6.45) is 5.56. The van der Waals surface area contributed by atoms with E-state index in [1.165, 1.54) is 23.0 Å². The molecular formula is C29H27F3N4O3. The van der Waals surface area contributed by atoms with Crippen molar-refractivity contribution in [3.8, 4) is 16.9 Å². The lowest BCUT2D eigenvalue weighted by molar-refractivity contribution is -0.137. The number of fused-ring (bicyclic) bond motifs is 1. The lowest BCUT2D eigenvalue weighted by atomic mass is 9.92. The van der Waals surface area contributed by atoms with E-state index in [-0.39, 0.29) is 17.9 Å². The number of amides is 2. The maximum atomic E-state index is 14.4. The molecule has 0 N–H and O–H groups in total. The van der Waals surface area contributed by atoms with E-state index in [9.17, 15) is 22.8 Å². The number of anilines is 2. The van der Waals surface area contributed by atoms with Crippen molar-refractivity contribution in [2.45, 2.75) is 31.9 Å². The van der Waals surface area contributed by atoms with Gasteiger partial charge in [-0.15, -0.1) is 0 Å². The number of ether oxygens (including phenoxy) is 1. The van der Waals surface area contributed by atoms with E-state index >= 15 is 0 Å². The maximum Gasteiger partial charge on any atom is 0.416 e. The number of methoxy groups -OCH3 is 1. The minimum absolute atomic E-state index is 0.00714. The fraction of sp³-hybridized carbons (Fsp3) is 0.276. The van der Waals surface area contributed by atoms with E-state index in [1.807, 2.05) is 6.08 Å². The average Bonchev–Trinajstić information content (AvgIpc) is 3.32. The van der Waals surface area contributed by atoms with Crippen LogP contribution in [0.25, 0.3) is 11.1 Å². The summed E-state index contributed by atoms with van der Waals surface area (Å²) < 4.78 is 48.6. The Morgan fingerprint density at radius 3 is 2.44 bits per heavy atom. The second-order valence-electron chi connectivity index (χ2n) is 9.36. The number of likely N-dealkylation sites (N-methyl/N-ethyl adjacent to an activating group) is 1. The van der Waals surface area contributed by atoms with Crippen molar-refractivity contribution < 1.29 is 27.5 Å². The minimum atomic E-state index is -4.63. The molecule has 7 nitrogen and oxygen atoms in total. The van der Waals surface area contributed by atoms with Gasteiger partial charge in [-0.05, 0) is 61.7 Å². The molecule has 0 bridgehead atoms. The van der Waals surface area contributed by atoms with Crippen LogP contribution in [-0.2, 0) is 22.8 Å². The van der Waals surface area contributed by atoms with Gasteiger partial charge in [-0.25, -0.2) is 0 Å². The Morgan fingerprint density at radius 1 is 1.03 bits per heavy atom. The molecule has 0 spiro atoms. The van der Waals surface area contributed by atoms with Gasteiger partial charge in [0, 0.05) is 36.6 Å². The number of aromatic nitrogens is 2. The molecule has 5 rings (SSSR count). The van der Waals surface area contributed by atoms with Crippen LogP contribution < -0.4 is 14.5 Å². The van der Waals surface area contributed by atoms with Crippen molar-refractivity contribution >= 4 is 23.2 Å². The molecule has 1 aromatic heterocycles. The summed E-state index contributed by atoms with van der Waals surface area (Å²) >= 11 is 0. The molecule has 3 aromatic rings. The third-order valence-corrected chi connectivity index (χ3v) is 6.94. The summed E-state index contributed by atoms with van der Waals surface area (Å²) in [7, 11) is 3.22. The predicted molar refractivity (Wildman–Crippen MR) is 141 cm³/mol. The second kappa shape index (κ2) is 10.1. The van der Waals surface area contributed by atoms with Crippen molar-refractivity contribution in [2.24, 2.45) is 7.05 Å². The van der Waals surface area contributed by atoms with E-state index in [0.717, 1.165) is 24.1 Å². The molecule has 1 aliphatic carbocycles. The first kappa shape index (κ1) is 26.3. The number of alkyl halides is 3. The van der Waals surface area contributed by atoms with Gasteiger partial charge in [0.15, 0.2) is 0 Å². The Hall–Kier alpha value is -4.34. The van der Waals surface area contributed by atoms with Gasteiger partial charge in [0.25, 0.3) is 0 Å². The largest absolute Gasteiger partial charge is 0.496 e. The number of halogens is 3. The molecule has 2 aliphatic rings. The molecule has 1 atom stereocenters. The van der Waals surface area contributed by atoms with E-state index in [2.05, 4.69) is 5.10 Å². The molecule has 10 heteroatoms. The first-order valence-electron chi connectivity index (χ1n) is 12.5. The first-order valence-corrected chi connectivity index (χ1v) is 12.5. The SMILES string of the molecule is CCN1C(=O)C(c2cc(-c3cnn(C)c3)ccc2OC)C(=O)N(C2=CCCC=C2)c2cc(C(F)(F)F)ccc21. The molecule has 2 amide bonds. The highest BCUT2D eigenvalue weighted by Gasteiger charge is 2.44. The van der Waals surface area contributed by atoms with Crippen LogP contribution in [0.5, 0.6) is 5.75 Å². The van der Waals surface area contributed by atoms with Gasteiger partial charge < -0.3 is 9.64 Å². The summed E-state index contributed by atoms with van der Waals surface area (Å²) in [5.41, 5.74) is 1.56. The van der Waals surface area contributed by atoms with Crippen LogP contribution in [0.1, 0.15) is 36.8 Å². The van der Waals surface area contributed by atoms with Crippen LogP contribution in [0.4, 0.5) is 24.5 Å². The van der Waals surface area contributed by atoms with Gasteiger partial charge in [0.05, 0.1) is 30.2 Å². The van der Waals surface area contributed by atoms with Gasteiger partial charge >= 0.3 is 6.18 Å². The van der Waals surface area contributed by atoms with E-state index < -0.39 is 29.5 Å². The van der Waals surface area contributed by atoms with Crippen LogP contribution in [0, 0.1) is 0 Å². The van der Waals surface area contributed by atoms with Gasteiger partial charge in [0.2, 0.25) is 11.8 Å². The molecule has 1 aliphatic heterocycles. The minimum Gasteiger partial charge on any atom is -0.496 e. The molecule has 2 heterocycles. The average molecular weight is 537 g/mol. The Kier molecular flexibility index (Phi) is 6.80. The fourth-order valence-electron chi connectivity index (χ4n) is 5.07. The Labute approximate surface area is 223 Å². The third-order valence-electron chi connectivity index (χ3n) is 6.94. The number of nitrogens with zero attached hydrogens (tertiary/aromatic N) is 4. The number of allylic oxidation sites excluding steroid dienone is 3. The summed E-state index contributed by atoms with van der Waals surface area (Å²) in [4.78, 5) is 31.1. The van der Waals surface area contributed by atoms with Gasteiger partial charge in [-0.3, -0.25) is 19.2 Å². The predicted octanol–water partition coefficient (Wildman–Crippen LogP) is 5.83. The summed E-state index contributed by atoms with van der Waals surface area (Å²) in [6.45, 7) is 1.87. The van der Waals surface area contributed by atoms with Crippen molar-refractivity contribution in [1.82, 2.24) is 9.78 Å². The number of rotatable bonds is 5. The van der Waals surface area contributed by atoms with Crippen LogP contribution in [0.15, 0.2) is 72.7 Å². The molecule has 202 valence electrons. The van der Waals surface area contributed by atoms with Gasteiger partial charge in [0.1, 0.15) is 11.7 Å². The topological polar surface area (TPSA) is 67.7 Å². The van der Waals surface area contributed by atoms with Crippen molar-refractivity contribution in [2.75, 3.05) is 23.5 Å². The van der Waals surface area contributed by atoms with Crippen molar-refractivity contribution in [3.63, 3.8) is 0 Å². The highest BCUT2D eigenvalue weighted by molar-refractivity contribution is 6.22. The highest BCUT2D eigenvalue weighted by atomic mass is 19.4. The number of aryl methyl sites for hydroxylation is 1. The molecule has 0 saturated heterocycles. The van der Waals surface area contributed by atoms with Crippen LogP contribution in [0.2, 0.25) is 0 Å². The molecular weight excluding hydrogens is 509 g/mol. The van der Waals surface area contributed by atoms with E-state index in [0.29, 0.717) is 29.0 Å². The summed E-state index contributed by atoms with van der Waals surface area (Å²) in [5, 5.41) is 4.20. The van der Waals surface area contributed by atoms with Gasteiger partial charge in [-0.2, -0.15) is 18.3 Å². The van der Waals surface area contributed by atoms with Crippen LogP contribution >= 0.6 is 0 Å². The smallest absolute Gasteiger partial charge is 0.416 e. The molecule has 0 radical (unpaired) electrons. The van der Waals surface area contributed by atoms with E-state index in [4.69, 9.17) is 4.74 Å². The van der Waals surface area contributed by atoms with E-state index in [1.54, 1.807) is 61.4 Å². The number of hydrogen-bond acceptors (Lipinski definition) is 4. The Morgan fingerprint density at radius 2 is 1.82 bits per heavy atom. The maximum absolute atomic E-state index is 14.4. The standard InChI is InChI=1S/C29H27F3N4O3/c1-4-35-23-12-11-20(29(30,31)32)15-24(23)36(21-8-6-5-7-9-21)28(38)26(27(35)37)22-14-18(10-13-25(22)39-3)19-16-33-34(2)17-19/h6,8-17,26H,4-5,7H2,1-3H3. The molecule has 2 aromatic carbocycles. The van der Waals surface area contributed by atoms with Crippen LogP contribution in [0.3, 0.4) is 0 Å². The zero-order valence-electron chi connectivity index (χ0n) is 21.7.